The van der Waals surface area contributed by atoms with Gasteiger partial charge in [-0.3, -0.25) is 4.79 Å². The summed E-state index contributed by atoms with van der Waals surface area (Å²) >= 11 is 5.97. The Hall–Kier alpha value is -2.31. The molecule has 0 N–H and O–H groups in total. The lowest BCUT2D eigenvalue weighted by Gasteiger charge is -2.28. The Bertz CT molecular complexity index is 1150. The maximum atomic E-state index is 13.3. The molecule has 1 aliphatic heterocycles. The highest BCUT2D eigenvalue weighted by atomic mass is 35.5. The molecule has 1 amide bonds. The van der Waals surface area contributed by atoms with Gasteiger partial charge in [-0.15, -0.1) is 0 Å². The Morgan fingerprint density at radius 2 is 1.97 bits per heavy atom. The number of sulfone groups is 1. The topological polar surface area (TPSA) is 67.6 Å². The molecular formula is C22H22ClNO4S. The second kappa shape index (κ2) is 7.84. The molecular weight excluding hydrogens is 410 g/mol. The maximum absolute atomic E-state index is 13.3. The molecule has 4 rings (SSSR count). The minimum Gasteiger partial charge on any atom is -0.464 e. The third kappa shape index (κ3) is 4.49. The summed E-state index contributed by atoms with van der Waals surface area (Å²) < 4.78 is 29.6. The number of rotatable bonds is 5. The molecule has 5 nitrogen and oxygen atoms in total. The fourth-order valence-electron chi connectivity index (χ4n) is 3.83. The first-order chi connectivity index (χ1) is 13.8. The first kappa shape index (κ1) is 20.0. The number of furan rings is 1. The van der Waals surface area contributed by atoms with Crippen molar-refractivity contribution in [2.75, 3.05) is 11.5 Å². The SMILES string of the molecule is Cc1ccc2occ(CC(=O)N(Cc3ccc(Cl)cc3)[C@H]3CCS(=O)(=O)C3)c2c1. The van der Waals surface area contributed by atoms with Gasteiger partial charge in [0.2, 0.25) is 5.91 Å². The van der Waals surface area contributed by atoms with Crippen LogP contribution in [-0.2, 0) is 27.6 Å². The zero-order chi connectivity index (χ0) is 20.6. The molecule has 29 heavy (non-hydrogen) atoms. The predicted molar refractivity (Wildman–Crippen MR) is 114 cm³/mol. The monoisotopic (exact) mass is 431 g/mol. The summed E-state index contributed by atoms with van der Waals surface area (Å²) in [6.07, 6.45) is 2.25. The van der Waals surface area contributed by atoms with Crippen molar-refractivity contribution >= 4 is 38.3 Å². The van der Waals surface area contributed by atoms with Crippen LogP contribution in [0.25, 0.3) is 11.0 Å². The minimum absolute atomic E-state index is 0.0115. The predicted octanol–water partition coefficient (Wildman–Crippen LogP) is 4.15. The molecule has 1 atom stereocenters. The third-order valence-corrected chi connectivity index (χ3v) is 7.39. The number of amides is 1. The summed E-state index contributed by atoms with van der Waals surface area (Å²) in [6.45, 7) is 2.35. The third-order valence-electron chi connectivity index (χ3n) is 5.39. The lowest BCUT2D eigenvalue weighted by Crippen LogP contribution is -2.41. The van der Waals surface area contributed by atoms with Gasteiger partial charge in [-0.25, -0.2) is 8.42 Å². The highest BCUT2D eigenvalue weighted by Crippen LogP contribution is 2.26. The Kier molecular flexibility index (Phi) is 5.40. The van der Waals surface area contributed by atoms with Crippen molar-refractivity contribution in [3.05, 3.63) is 70.4 Å². The number of fused-ring (bicyclic) bond motifs is 1. The molecule has 1 aromatic heterocycles. The van der Waals surface area contributed by atoms with E-state index < -0.39 is 9.84 Å². The molecule has 3 aromatic rings. The quantitative estimate of drug-likeness (QED) is 0.608. The van der Waals surface area contributed by atoms with E-state index in [0.717, 1.165) is 27.7 Å². The molecule has 152 valence electrons. The van der Waals surface area contributed by atoms with Crippen LogP contribution in [-0.4, -0.2) is 36.8 Å². The number of nitrogens with zero attached hydrogens (tertiary/aromatic N) is 1. The van der Waals surface area contributed by atoms with Crippen LogP contribution in [0.1, 0.15) is 23.1 Å². The van der Waals surface area contributed by atoms with Gasteiger partial charge in [-0.1, -0.05) is 35.4 Å². The van der Waals surface area contributed by atoms with Gasteiger partial charge in [-0.2, -0.15) is 0 Å². The van der Waals surface area contributed by atoms with Gasteiger partial charge < -0.3 is 9.32 Å². The summed E-state index contributed by atoms with van der Waals surface area (Å²) in [4.78, 5) is 15.0. The maximum Gasteiger partial charge on any atom is 0.227 e. The summed E-state index contributed by atoms with van der Waals surface area (Å²) in [5, 5.41) is 1.54. The van der Waals surface area contributed by atoms with Crippen LogP contribution in [0.5, 0.6) is 0 Å². The second-order valence-electron chi connectivity index (χ2n) is 7.64. The van der Waals surface area contributed by atoms with Gasteiger partial charge in [0.1, 0.15) is 5.58 Å². The van der Waals surface area contributed by atoms with E-state index in [9.17, 15) is 13.2 Å². The smallest absolute Gasteiger partial charge is 0.227 e. The zero-order valence-electron chi connectivity index (χ0n) is 16.1. The van der Waals surface area contributed by atoms with Gasteiger partial charge in [0.15, 0.2) is 9.84 Å². The van der Waals surface area contributed by atoms with Crippen LogP contribution in [0.15, 0.2) is 53.1 Å². The average Bonchev–Trinajstić information content (AvgIpc) is 3.23. The van der Waals surface area contributed by atoms with E-state index in [4.69, 9.17) is 16.0 Å². The number of carbonyl (C=O) groups excluding carboxylic acids is 1. The first-order valence-corrected chi connectivity index (χ1v) is 11.7. The van der Waals surface area contributed by atoms with Gasteiger partial charge in [0, 0.05) is 28.6 Å². The van der Waals surface area contributed by atoms with Crippen LogP contribution >= 0.6 is 11.6 Å². The molecule has 7 heteroatoms. The normalized spacial score (nSPS) is 18.2. The standard InChI is InChI=1S/C22H22ClNO4S/c1-15-2-7-21-20(10-15)17(13-28-21)11-22(25)24(19-8-9-29(26,27)14-19)12-16-3-5-18(23)6-4-16/h2-7,10,13,19H,8-9,11-12,14H2,1H3/t19-/m0/s1. The Morgan fingerprint density at radius 3 is 2.66 bits per heavy atom. The summed E-state index contributed by atoms with van der Waals surface area (Å²) in [5.41, 5.74) is 3.56. The molecule has 2 aromatic carbocycles. The van der Waals surface area contributed by atoms with E-state index in [1.807, 2.05) is 37.3 Å². The molecule has 0 unspecified atom stereocenters. The molecule has 1 saturated heterocycles. The van der Waals surface area contributed by atoms with Gasteiger partial charge in [0.25, 0.3) is 0 Å². The fourth-order valence-corrected chi connectivity index (χ4v) is 5.68. The number of carbonyl (C=O) groups is 1. The van der Waals surface area contributed by atoms with Crippen molar-refractivity contribution in [3.63, 3.8) is 0 Å². The van der Waals surface area contributed by atoms with Crippen molar-refractivity contribution < 1.29 is 17.6 Å². The number of hydrogen-bond acceptors (Lipinski definition) is 4. The molecule has 0 saturated carbocycles. The van der Waals surface area contributed by atoms with E-state index in [-0.39, 0.29) is 29.9 Å². The zero-order valence-corrected chi connectivity index (χ0v) is 17.7. The van der Waals surface area contributed by atoms with E-state index in [2.05, 4.69) is 0 Å². The highest BCUT2D eigenvalue weighted by Gasteiger charge is 2.34. The molecule has 1 fully saturated rings. The molecule has 0 aliphatic carbocycles. The Morgan fingerprint density at radius 1 is 1.21 bits per heavy atom. The molecule has 2 heterocycles. The summed E-state index contributed by atoms with van der Waals surface area (Å²) in [6, 6.07) is 12.8. The van der Waals surface area contributed by atoms with Crippen LogP contribution < -0.4 is 0 Å². The lowest BCUT2D eigenvalue weighted by molar-refractivity contribution is -0.133. The Labute approximate surface area is 175 Å². The average molecular weight is 432 g/mol. The number of aryl methyl sites for hydroxylation is 1. The largest absolute Gasteiger partial charge is 0.464 e. The molecule has 0 bridgehead atoms. The molecule has 0 spiro atoms. The molecule has 0 radical (unpaired) electrons. The van der Waals surface area contributed by atoms with Crippen LogP contribution in [0, 0.1) is 6.92 Å². The molecule has 1 aliphatic rings. The van der Waals surface area contributed by atoms with Gasteiger partial charge >= 0.3 is 0 Å². The van der Waals surface area contributed by atoms with E-state index >= 15 is 0 Å². The van der Waals surface area contributed by atoms with Crippen molar-refractivity contribution in [3.8, 4) is 0 Å². The number of hydrogen-bond donors (Lipinski definition) is 0. The number of halogens is 1. The van der Waals surface area contributed by atoms with Crippen molar-refractivity contribution in [1.29, 1.82) is 0 Å². The lowest BCUT2D eigenvalue weighted by atomic mass is 10.1. The highest BCUT2D eigenvalue weighted by molar-refractivity contribution is 7.91. The van der Waals surface area contributed by atoms with Gasteiger partial charge in [0.05, 0.1) is 24.2 Å². The van der Waals surface area contributed by atoms with Crippen molar-refractivity contribution in [2.24, 2.45) is 0 Å². The van der Waals surface area contributed by atoms with E-state index in [1.54, 1.807) is 23.3 Å². The summed E-state index contributed by atoms with van der Waals surface area (Å²) in [5.74, 6) is 0.0271. The number of benzene rings is 2. The van der Waals surface area contributed by atoms with Crippen molar-refractivity contribution in [1.82, 2.24) is 4.90 Å². The first-order valence-electron chi connectivity index (χ1n) is 9.52. The Balaban J connectivity index is 1.61. The second-order valence-corrected chi connectivity index (χ2v) is 10.3. The summed E-state index contributed by atoms with van der Waals surface area (Å²) in [7, 11) is -3.11. The van der Waals surface area contributed by atoms with Gasteiger partial charge in [-0.05, 0) is 43.2 Å². The van der Waals surface area contributed by atoms with E-state index in [0.29, 0.717) is 18.0 Å². The van der Waals surface area contributed by atoms with Crippen LogP contribution in [0.3, 0.4) is 0 Å². The van der Waals surface area contributed by atoms with Crippen LogP contribution in [0.2, 0.25) is 5.02 Å². The van der Waals surface area contributed by atoms with E-state index in [1.165, 1.54) is 0 Å². The van der Waals surface area contributed by atoms with Crippen molar-refractivity contribution in [2.45, 2.75) is 32.4 Å². The fraction of sp³-hybridized carbons (Fsp3) is 0.318. The van der Waals surface area contributed by atoms with Crippen LogP contribution in [0.4, 0.5) is 0 Å². The minimum atomic E-state index is -3.11.